The van der Waals surface area contributed by atoms with E-state index < -0.39 is 31.7 Å². The number of carbonyl (C=O) groups excluding carboxylic acids is 1. The number of anilines is 1. The highest BCUT2D eigenvalue weighted by atomic mass is 32.2. The summed E-state index contributed by atoms with van der Waals surface area (Å²) in [6.45, 7) is 0.322. The van der Waals surface area contributed by atoms with Crippen molar-refractivity contribution in [1.82, 2.24) is 9.29 Å². The number of hydrogen-bond acceptors (Lipinski definition) is 7. The molecule has 1 amide bonds. The lowest BCUT2D eigenvalue weighted by Gasteiger charge is -2.12. The molecule has 0 aliphatic carbocycles. The molecule has 2 aromatic carbocycles. The number of sulfone groups is 1. The highest BCUT2D eigenvalue weighted by Crippen LogP contribution is 2.18. The normalized spacial score (nSPS) is 17.9. The van der Waals surface area contributed by atoms with Gasteiger partial charge in [0.1, 0.15) is 0 Å². The van der Waals surface area contributed by atoms with E-state index in [2.05, 4.69) is 10.0 Å². The van der Waals surface area contributed by atoms with Crippen LogP contribution in [0.4, 0.5) is 5.69 Å². The Balaban J connectivity index is 1.31. The van der Waals surface area contributed by atoms with Gasteiger partial charge in [-0.25, -0.2) is 26.4 Å². The number of nitrogens with one attached hydrogen (secondary N) is 2. The van der Waals surface area contributed by atoms with Crippen molar-refractivity contribution < 1.29 is 26.0 Å². The molecule has 0 spiro atoms. The number of amides is 1. The quantitative estimate of drug-likeness (QED) is 0.483. The zero-order valence-corrected chi connectivity index (χ0v) is 19.2. The van der Waals surface area contributed by atoms with Crippen molar-refractivity contribution in [2.24, 2.45) is 0 Å². The third-order valence-electron chi connectivity index (χ3n) is 5.36. The van der Waals surface area contributed by atoms with Gasteiger partial charge in [-0.1, -0.05) is 12.1 Å². The maximum absolute atomic E-state index is 12.5. The van der Waals surface area contributed by atoms with Crippen LogP contribution in [-0.4, -0.2) is 44.9 Å². The summed E-state index contributed by atoms with van der Waals surface area (Å²) < 4.78 is 57.1. The number of para-hydroxylation sites is 2. The van der Waals surface area contributed by atoms with Crippen LogP contribution in [0, 0.1) is 0 Å². The number of fused-ring (bicyclic) bond motifs is 1. The van der Waals surface area contributed by atoms with Crippen molar-refractivity contribution in [2.75, 3.05) is 16.8 Å². The number of aryl methyl sites for hydroxylation is 1. The highest BCUT2D eigenvalue weighted by Gasteiger charge is 2.31. The van der Waals surface area contributed by atoms with E-state index in [1.165, 1.54) is 28.8 Å². The second kappa shape index (κ2) is 9.12. The Morgan fingerprint density at radius 1 is 1.12 bits per heavy atom. The lowest BCUT2D eigenvalue weighted by molar-refractivity contribution is -0.116. The van der Waals surface area contributed by atoms with E-state index in [4.69, 9.17) is 4.42 Å². The maximum Gasteiger partial charge on any atom is 0.419 e. The molecule has 1 aliphatic rings. The number of sulfonamides is 1. The minimum atomic E-state index is -3.87. The van der Waals surface area contributed by atoms with E-state index in [9.17, 15) is 26.4 Å². The van der Waals surface area contributed by atoms with Gasteiger partial charge in [0.05, 0.1) is 21.9 Å². The lowest BCUT2D eigenvalue weighted by Crippen LogP contribution is -2.35. The van der Waals surface area contributed by atoms with Crippen molar-refractivity contribution >= 4 is 42.6 Å². The first-order valence-electron chi connectivity index (χ1n) is 10.3. The third kappa shape index (κ3) is 5.52. The molecule has 176 valence electrons. The minimum absolute atomic E-state index is 0.0176. The molecule has 0 bridgehead atoms. The van der Waals surface area contributed by atoms with Gasteiger partial charge in [-0.2, -0.15) is 0 Å². The van der Waals surface area contributed by atoms with Gasteiger partial charge in [-0.15, -0.1) is 0 Å². The molecule has 1 aliphatic heterocycles. The fraction of sp³-hybridized carbons (Fsp3) is 0.333. The van der Waals surface area contributed by atoms with Crippen LogP contribution in [-0.2, 0) is 31.2 Å². The Bertz CT molecular complexity index is 1440. The molecule has 4 rings (SSSR count). The fourth-order valence-corrected chi connectivity index (χ4v) is 6.79. The van der Waals surface area contributed by atoms with Crippen molar-refractivity contribution in [3.63, 3.8) is 0 Å². The molecule has 1 aromatic heterocycles. The molecule has 1 saturated heterocycles. The predicted molar refractivity (Wildman–Crippen MR) is 122 cm³/mol. The van der Waals surface area contributed by atoms with Crippen LogP contribution in [0.15, 0.2) is 62.6 Å². The highest BCUT2D eigenvalue weighted by molar-refractivity contribution is 7.92. The molecule has 0 unspecified atom stereocenters. The summed E-state index contributed by atoms with van der Waals surface area (Å²) in [6.07, 6.45) is 0.816. The second-order valence-electron chi connectivity index (χ2n) is 7.88. The molecule has 0 radical (unpaired) electrons. The summed E-state index contributed by atoms with van der Waals surface area (Å²) in [7, 11) is -7.07. The Labute approximate surface area is 190 Å². The van der Waals surface area contributed by atoms with Gasteiger partial charge in [0.15, 0.2) is 15.4 Å². The largest absolute Gasteiger partial charge is 0.419 e. The van der Waals surface area contributed by atoms with Crippen LogP contribution >= 0.6 is 0 Å². The Kier molecular flexibility index (Phi) is 6.41. The van der Waals surface area contributed by atoms with Gasteiger partial charge in [0, 0.05) is 24.7 Å². The van der Waals surface area contributed by atoms with Crippen LogP contribution in [0.25, 0.3) is 11.1 Å². The smallest absolute Gasteiger partial charge is 0.408 e. The predicted octanol–water partition coefficient (Wildman–Crippen LogP) is 1.48. The van der Waals surface area contributed by atoms with Gasteiger partial charge in [0.25, 0.3) is 0 Å². The Morgan fingerprint density at radius 3 is 2.55 bits per heavy atom. The Hall–Kier alpha value is -2.96. The third-order valence-corrected chi connectivity index (χ3v) is 8.67. The average molecular weight is 494 g/mol. The van der Waals surface area contributed by atoms with Crippen LogP contribution < -0.4 is 15.8 Å². The number of hydrogen-bond donors (Lipinski definition) is 2. The zero-order chi connectivity index (χ0) is 23.6. The van der Waals surface area contributed by atoms with E-state index in [0.717, 1.165) is 0 Å². The monoisotopic (exact) mass is 493 g/mol. The van der Waals surface area contributed by atoms with Crippen LogP contribution in [0.5, 0.6) is 0 Å². The summed E-state index contributed by atoms with van der Waals surface area (Å²) in [6, 6.07) is 12.0. The van der Waals surface area contributed by atoms with Gasteiger partial charge >= 0.3 is 5.76 Å². The molecular weight excluding hydrogens is 470 g/mol. The van der Waals surface area contributed by atoms with Gasteiger partial charge in [0.2, 0.25) is 15.9 Å². The van der Waals surface area contributed by atoms with Crippen molar-refractivity contribution in [2.45, 2.75) is 36.7 Å². The summed E-state index contributed by atoms with van der Waals surface area (Å²) in [5.41, 5.74) is 1.59. The maximum atomic E-state index is 12.5. The molecule has 12 heteroatoms. The van der Waals surface area contributed by atoms with Gasteiger partial charge in [-0.05, 0) is 49.2 Å². The summed E-state index contributed by atoms with van der Waals surface area (Å²) in [4.78, 5) is 24.2. The number of aromatic nitrogens is 1. The number of benzene rings is 2. The molecule has 0 saturated carbocycles. The molecule has 2 heterocycles. The molecule has 3 aromatic rings. The molecule has 33 heavy (non-hydrogen) atoms. The standard InChI is InChI=1S/C21H23N3O7S2/c25-20(6-3-12-24-18-4-1-2-5-19(18)31-21(24)26)22-15-7-9-17(10-8-15)33(29,30)23-16-11-13-32(27,28)14-16/h1-2,4-5,7-10,16,23H,3,6,11-14H2,(H,22,25)/t16-/m1/s1. The zero-order valence-electron chi connectivity index (χ0n) is 17.6. The van der Waals surface area contributed by atoms with Crippen LogP contribution in [0.1, 0.15) is 19.3 Å². The van der Waals surface area contributed by atoms with Crippen molar-refractivity contribution in [3.05, 3.63) is 59.1 Å². The van der Waals surface area contributed by atoms with E-state index in [1.54, 1.807) is 24.3 Å². The minimum Gasteiger partial charge on any atom is -0.408 e. The summed E-state index contributed by atoms with van der Waals surface area (Å²) in [5.74, 6) is -0.990. The molecular formula is C21H23N3O7S2. The first-order chi connectivity index (χ1) is 15.6. The average Bonchev–Trinajstić information content (AvgIpc) is 3.26. The molecule has 10 nitrogen and oxygen atoms in total. The number of rotatable bonds is 8. The first-order valence-corrected chi connectivity index (χ1v) is 13.6. The number of nitrogens with zero attached hydrogens (tertiary/aromatic N) is 1. The Morgan fingerprint density at radius 2 is 1.85 bits per heavy atom. The van der Waals surface area contributed by atoms with Crippen molar-refractivity contribution in [1.29, 1.82) is 0 Å². The molecule has 1 atom stereocenters. The van der Waals surface area contributed by atoms with E-state index in [0.29, 0.717) is 29.8 Å². The topological polar surface area (TPSA) is 145 Å². The lowest BCUT2D eigenvalue weighted by atomic mass is 10.2. The number of oxazole rings is 1. The van der Waals surface area contributed by atoms with Crippen molar-refractivity contribution in [3.8, 4) is 0 Å². The number of carbonyl (C=O) groups is 1. The van der Waals surface area contributed by atoms with Gasteiger partial charge < -0.3 is 9.73 Å². The second-order valence-corrected chi connectivity index (χ2v) is 11.8. The van der Waals surface area contributed by atoms with E-state index >= 15 is 0 Å². The van der Waals surface area contributed by atoms with E-state index in [-0.39, 0.29) is 35.2 Å². The SMILES string of the molecule is O=C(CCCn1c(=O)oc2ccccc21)Nc1ccc(S(=O)(=O)N[C@@H]2CCS(=O)(=O)C2)cc1. The van der Waals surface area contributed by atoms with Gasteiger partial charge in [-0.3, -0.25) is 9.36 Å². The van der Waals surface area contributed by atoms with E-state index in [1.807, 2.05) is 0 Å². The summed E-state index contributed by atoms with van der Waals surface area (Å²) >= 11 is 0. The van der Waals surface area contributed by atoms with Crippen LogP contribution in [0.2, 0.25) is 0 Å². The summed E-state index contributed by atoms with van der Waals surface area (Å²) in [5, 5.41) is 2.69. The molecule has 1 fully saturated rings. The fourth-order valence-electron chi connectivity index (χ4n) is 3.74. The molecule has 2 N–H and O–H groups in total. The first kappa shape index (κ1) is 23.2. The van der Waals surface area contributed by atoms with Crippen LogP contribution in [0.3, 0.4) is 0 Å².